The fourth-order valence-electron chi connectivity index (χ4n) is 1.04. The Bertz CT molecular complexity index is 66.9. The largest absolute Gasteiger partial charge is 0.305 e. The van der Waals surface area contributed by atoms with Crippen LogP contribution in [0.25, 0.3) is 0 Å². The van der Waals surface area contributed by atoms with Crippen molar-refractivity contribution in [3.63, 3.8) is 0 Å². The van der Waals surface area contributed by atoms with Crippen LogP contribution in [0.3, 0.4) is 0 Å². The number of alkyl halides is 1. The third-order valence-corrected chi connectivity index (χ3v) is 2.56. The number of piperidine rings is 1. The molecule has 2 heteroatoms. The lowest BCUT2D eigenvalue weighted by Crippen LogP contribution is -2.32. The molecule has 0 aromatic heterocycles. The minimum absolute atomic E-state index is 0.733. The van der Waals surface area contributed by atoms with E-state index in [-0.39, 0.29) is 0 Å². The molecule has 0 aromatic carbocycles. The predicted molar refractivity (Wildman–Crippen MR) is 44.2 cm³/mol. The molecule has 1 nitrogen and oxygen atoms in total. The van der Waals surface area contributed by atoms with Crippen LogP contribution in [-0.2, 0) is 0 Å². The van der Waals surface area contributed by atoms with E-state index < -0.39 is 0 Å². The van der Waals surface area contributed by atoms with Crippen LogP contribution in [-0.4, -0.2) is 10.6 Å². The quantitative estimate of drug-likeness (QED) is 0.376. The number of rotatable bonds is 0. The maximum absolute atomic E-state index is 3.40. The van der Waals surface area contributed by atoms with Gasteiger partial charge in [-0.3, -0.25) is 0 Å². The monoisotopic (exact) mass is 225 g/mol. The first-order valence-electron chi connectivity index (χ1n) is 3.16. The van der Waals surface area contributed by atoms with Crippen LogP contribution >= 0.6 is 22.6 Å². The fourth-order valence-corrected chi connectivity index (χ4v) is 2.22. The van der Waals surface area contributed by atoms with Crippen LogP contribution in [0.4, 0.5) is 0 Å². The van der Waals surface area contributed by atoms with Crippen LogP contribution in [0.5, 0.6) is 0 Å². The van der Waals surface area contributed by atoms with E-state index >= 15 is 0 Å². The minimum atomic E-state index is 0.733. The highest BCUT2D eigenvalue weighted by Crippen LogP contribution is 2.18. The highest BCUT2D eigenvalue weighted by molar-refractivity contribution is 14.1. The SMILES string of the molecule is CC1CCNC(I)C1. The van der Waals surface area contributed by atoms with E-state index in [0.717, 1.165) is 9.97 Å². The normalized spacial score (nSPS) is 39.8. The first-order chi connectivity index (χ1) is 3.79. The Morgan fingerprint density at radius 1 is 1.62 bits per heavy atom. The Kier molecular flexibility index (Phi) is 2.56. The van der Waals surface area contributed by atoms with Crippen molar-refractivity contribution >= 4 is 22.6 Å². The Labute approximate surface area is 64.4 Å². The van der Waals surface area contributed by atoms with Crippen LogP contribution in [0.1, 0.15) is 19.8 Å². The zero-order valence-electron chi connectivity index (χ0n) is 5.15. The topological polar surface area (TPSA) is 12.0 Å². The fraction of sp³-hybridized carbons (Fsp3) is 1.00. The molecule has 48 valence electrons. The average Bonchev–Trinajstić information content (AvgIpc) is 1.64. The molecule has 0 amide bonds. The van der Waals surface area contributed by atoms with Gasteiger partial charge in [-0.1, -0.05) is 29.5 Å². The van der Waals surface area contributed by atoms with Crippen molar-refractivity contribution < 1.29 is 0 Å². The summed E-state index contributed by atoms with van der Waals surface area (Å²) >= 11 is 2.46. The van der Waals surface area contributed by atoms with Crippen LogP contribution in [0, 0.1) is 5.92 Å². The Hall–Kier alpha value is 0.690. The van der Waals surface area contributed by atoms with Crippen molar-refractivity contribution in [2.45, 2.75) is 23.8 Å². The first-order valence-corrected chi connectivity index (χ1v) is 4.41. The molecule has 1 fully saturated rings. The van der Waals surface area contributed by atoms with Crippen molar-refractivity contribution in [1.82, 2.24) is 5.32 Å². The van der Waals surface area contributed by atoms with Crippen molar-refractivity contribution in [1.29, 1.82) is 0 Å². The van der Waals surface area contributed by atoms with E-state index in [4.69, 9.17) is 0 Å². The van der Waals surface area contributed by atoms with Gasteiger partial charge >= 0.3 is 0 Å². The highest BCUT2D eigenvalue weighted by Gasteiger charge is 2.13. The van der Waals surface area contributed by atoms with E-state index in [1.165, 1.54) is 19.4 Å². The summed E-state index contributed by atoms with van der Waals surface area (Å²) in [7, 11) is 0. The summed E-state index contributed by atoms with van der Waals surface area (Å²) in [5, 5.41) is 3.40. The molecular formula is C6H12IN. The smallest absolute Gasteiger partial charge is 0.0596 e. The minimum Gasteiger partial charge on any atom is -0.305 e. The summed E-state index contributed by atoms with van der Waals surface area (Å²) in [6, 6.07) is 0. The Morgan fingerprint density at radius 3 is 2.75 bits per heavy atom. The van der Waals surface area contributed by atoms with E-state index in [2.05, 4.69) is 34.8 Å². The zero-order valence-corrected chi connectivity index (χ0v) is 7.31. The van der Waals surface area contributed by atoms with Crippen molar-refractivity contribution in [3.05, 3.63) is 0 Å². The van der Waals surface area contributed by atoms with E-state index in [1.54, 1.807) is 0 Å². The molecule has 0 spiro atoms. The summed E-state index contributed by atoms with van der Waals surface area (Å²) in [6.07, 6.45) is 2.71. The molecule has 2 unspecified atom stereocenters. The maximum atomic E-state index is 3.40. The average molecular weight is 225 g/mol. The molecule has 1 rings (SSSR count). The van der Waals surface area contributed by atoms with Gasteiger partial charge in [0.1, 0.15) is 0 Å². The summed E-state index contributed by atoms with van der Waals surface area (Å²) < 4.78 is 0.733. The second-order valence-electron chi connectivity index (χ2n) is 2.55. The van der Waals surface area contributed by atoms with E-state index in [0.29, 0.717) is 0 Å². The molecule has 0 aliphatic carbocycles. The summed E-state index contributed by atoms with van der Waals surface area (Å²) in [5.74, 6) is 0.943. The molecule has 0 radical (unpaired) electrons. The van der Waals surface area contributed by atoms with E-state index in [1.807, 2.05) is 0 Å². The lowest BCUT2D eigenvalue weighted by Gasteiger charge is -2.23. The van der Waals surface area contributed by atoms with Crippen LogP contribution in [0.15, 0.2) is 0 Å². The Balaban J connectivity index is 2.23. The third-order valence-electron chi connectivity index (χ3n) is 1.61. The van der Waals surface area contributed by atoms with Gasteiger partial charge in [0.05, 0.1) is 4.05 Å². The van der Waals surface area contributed by atoms with Crippen LogP contribution < -0.4 is 5.32 Å². The lowest BCUT2D eigenvalue weighted by molar-refractivity contribution is 0.391. The first kappa shape index (κ1) is 6.81. The van der Waals surface area contributed by atoms with Gasteiger partial charge in [0.15, 0.2) is 0 Å². The van der Waals surface area contributed by atoms with Gasteiger partial charge in [-0.25, -0.2) is 0 Å². The van der Waals surface area contributed by atoms with Gasteiger partial charge in [0.25, 0.3) is 0 Å². The summed E-state index contributed by atoms with van der Waals surface area (Å²) in [5.41, 5.74) is 0. The molecule has 1 aliphatic heterocycles. The van der Waals surface area contributed by atoms with Gasteiger partial charge < -0.3 is 5.32 Å². The van der Waals surface area contributed by atoms with Gasteiger partial charge in [0.2, 0.25) is 0 Å². The standard InChI is InChI=1S/C6H12IN/c1-5-2-3-8-6(7)4-5/h5-6,8H,2-4H2,1H3. The molecule has 1 heterocycles. The van der Waals surface area contributed by atoms with Crippen molar-refractivity contribution in [2.75, 3.05) is 6.54 Å². The number of halogens is 1. The number of hydrogen-bond donors (Lipinski definition) is 1. The van der Waals surface area contributed by atoms with Gasteiger partial charge in [-0.2, -0.15) is 0 Å². The lowest BCUT2D eigenvalue weighted by atomic mass is 10.0. The molecule has 1 saturated heterocycles. The van der Waals surface area contributed by atoms with E-state index in [9.17, 15) is 0 Å². The van der Waals surface area contributed by atoms with Gasteiger partial charge in [-0.15, -0.1) is 0 Å². The molecule has 0 saturated carbocycles. The number of nitrogens with one attached hydrogen (secondary N) is 1. The van der Waals surface area contributed by atoms with Crippen molar-refractivity contribution in [2.24, 2.45) is 5.92 Å². The summed E-state index contributed by atoms with van der Waals surface area (Å²) in [4.78, 5) is 0. The third kappa shape index (κ3) is 1.90. The zero-order chi connectivity index (χ0) is 5.98. The second-order valence-corrected chi connectivity index (χ2v) is 4.05. The highest BCUT2D eigenvalue weighted by atomic mass is 127. The van der Waals surface area contributed by atoms with Gasteiger partial charge in [-0.05, 0) is 25.3 Å². The molecular weight excluding hydrogens is 213 g/mol. The number of hydrogen-bond acceptors (Lipinski definition) is 1. The molecule has 2 atom stereocenters. The van der Waals surface area contributed by atoms with Gasteiger partial charge in [0, 0.05) is 0 Å². The molecule has 0 aromatic rings. The molecule has 0 bridgehead atoms. The summed E-state index contributed by atoms with van der Waals surface area (Å²) in [6.45, 7) is 3.54. The Morgan fingerprint density at radius 2 is 2.38 bits per heavy atom. The van der Waals surface area contributed by atoms with Crippen molar-refractivity contribution in [3.8, 4) is 0 Å². The molecule has 8 heavy (non-hydrogen) atoms. The predicted octanol–water partition coefficient (Wildman–Crippen LogP) is 1.77. The molecule has 1 N–H and O–H groups in total. The van der Waals surface area contributed by atoms with Crippen LogP contribution in [0.2, 0.25) is 0 Å². The second kappa shape index (κ2) is 3.01. The maximum Gasteiger partial charge on any atom is 0.0596 e. The molecule has 1 aliphatic rings.